The van der Waals surface area contributed by atoms with Gasteiger partial charge in [0.05, 0.1) is 17.5 Å². The van der Waals surface area contributed by atoms with Crippen molar-refractivity contribution in [3.8, 4) is 0 Å². The number of aliphatic hydroxyl groups is 2. The van der Waals surface area contributed by atoms with Crippen molar-refractivity contribution in [2.45, 2.75) is 177 Å². The predicted octanol–water partition coefficient (Wildman–Crippen LogP) is 6.84. The smallest absolute Gasteiger partial charge is 0.306 e. The topological polar surface area (TPSA) is 108 Å². The summed E-state index contributed by atoms with van der Waals surface area (Å²) in [5.41, 5.74) is -0.702. The van der Waals surface area contributed by atoms with Crippen LogP contribution in [0.5, 0.6) is 0 Å². The molecular weight excluding hydrogens is 635 g/mol. The maximum atomic E-state index is 13.3. The number of carbonyl (C=O) groups excluding carboxylic acids is 2. The van der Waals surface area contributed by atoms with Gasteiger partial charge in [0.15, 0.2) is 6.10 Å². The van der Waals surface area contributed by atoms with E-state index >= 15 is 0 Å². The number of nitrogens with one attached hydrogen (secondary N) is 1. The van der Waals surface area contributed by atoms with E-state index in [0.717, 1.165) is 45.1 Å². The number of aliphatic hydroxyl groups excluding tert-OH is 2. The molecule has 0 spiro atoms. The van der Waals surface area contributed by atoms with Crippen LogP contribution < -0.4 is 5.32 Å². The van der Waals surface area contributed by atoms with Crippen LogP contribution in [0.15, 0.2) is 0 Å². The minimum atomic E-state index is -1.38. The lowest BCUT2D eigenvalue weighted by Gasteiger charge is -2.45. The number of rotatable bonds is 22. The SMILES string of the molecule is CCCCCCCCCCCCCCCC(=O)O[C@@H]1[C@@H](O)[C@@H](O)[C@@H]([C@H](NC(=O)[C@@H]2C[C@@H](CCC)CN2C)[C@H](C)Cl)O[C@@H]1SC.Cl. The summed E-state index contributed by atoms with van der Waals surface area (Å²) in [6.45, 7) is 7.01. The highest BCUT2D eigenvalue weighted by molar-refractivity contribution is 7.99. The highest BCUT2D eigenvalue weighted by Crippen LogP contribution is 2.33. The van der Waals surface area contributed by atoms with Crippen molar-refractivity contribution in [2.75, 3.05) is 19.8 Å². The number of thioether (sulfide) groups is 1. The molecule has 0 aromatic rings. The molecule has 2 aliphatic rings. The van der Waals surface area contributed by atoms with E-state index in [4.69, 9.17) is 21.1 Å². The largest absolute Gasteiger partial charge is 0.456 e. The normalized spacial score (nSPS) is 28.3. The van der Waals surface area contributed by atoms with Crippen LogP contribution in [-0.2, 0) is 19.1 Å². The number of unbranched alkanes of at least 4 members (excludes halogenated alkanes) is 12. The number of amides is 1. The second kappa shape index (κ2) is 23.9. The fraction of sp³-hybridized carbons (Fsp3) is 0.941. The zero-order valence-corrected chi connectivity index (χ0v) is 31.0. The van der Waals surface area contributed by atoms with Crippen molar-refractivity contribution in [3.63, 3.8) is 0 Å². The van der Waals surface area contributed by atoms with E-state index < -0.39 is 47.2 Å². The molecule has 0 aliphatic carbocycles. The number of alkyl halides is 1. The molecule has 0 saturated carbocycles. The Kier molecular flexibility index (Phi) is 22.7. The van der Waals surface area contributed by atoms with Crippen molar-refractivity contribution in [1.29, 1.82) is 0 Å². The van der Waals surface area contributed by atoms with Crippen LogP contribution in [0, 0.1) is 5.92 Å². The molecule has 2 fully saturated rings. The lowest BCUT2D eigenvalue weighted by Crippen LogP contribution is -2.65. The van der Waals surface area contributed by atoms with Crippen molar-refractivity contribution in [1.82, 2.24) is 10.2 Å². The number of halogens is 2. The lowest BCUT2D eigenvalue weighted by molar-refractivity contribution is -0.218. The number of likely N-dealkylation sites (tertiary alicyclic amines) is 1. The Balaban J connectivity index is 0.0000101. The standard InChI is InChI=1S/C34H63ClN2O6S.ClH/c1-6-8-9-10-11-12-13-14-15-16-17-18-19-21-27(38)42-32-30(40)29(39)31(43-34(32)44-5)28(24(3)35)36-33(41)26-22-25(20-7-2)23-37(26)4;/h24-26,28-32,34,39-40H,6-23H2,1-5H3,(H,36,41);1H/t24-,25+,26-,28+,29+,30-,31+,32+,34+;/m0./s1. The second-order valence-corrected chi connectivity index (χ2v) is 14.8. The molecule has 9 atom stereocenters. The van der Waals surface area contributed by atoms with Crippen molar-refractivity contribution < 1.29 is 29.3 Å². The van der Waals surface area contributed by atoms with Crippen LogP contribution in [0.1, 0.15) is 130 Å². The summed E-state index contributed by atoms with van der Waals surface area (Å²) in [5.74, 6) is -0.0742. The Bertz CT molecular complexity index is 811. The Hall–Kier alpha value is -0.290. The Labute approximate surface area is 289 Å². The van der Waals surface area contributed by atoms with Crippen molar-refractivity contribution in [2.24, 2.45) is 5.92 Å². The first-order valence-electron chi connectivity index (χ1n) is 17.5. The number of hydrogen-bond donors (Lipinski definition) is 3. The molecule has 45 heavy (non-hydrogen) atoms. The fourth-order valence-electron chi connectivity index (χ4n) is 6.72. The van der Waals surface area contributed by atoms with Gasteiger partial charge in [-0.05, 0) is 45.4 Å². The molecule has 266 valence electrons. The summed E-state index contributed by atoms with van der Waals surface area (Å²) < 4.78 is 11.9. The van der Waals surface area contributed by atoms with Crippen molar-refractivity contribution in [3.05, 3.63) is 0 Å². The molecule has 2 aliphatic heterocycles. The molecule has 0 bridgehead atoms. The minimum Gasteiger partial charge on any atom is -0.456 e. The van der Waals surface area contributed by atoms with Crippen molar-refractivity contribution >= 4 is 47.6 Å². The first-order chi connectivity index (χ1) is 21.1. The van der Waals surface area contributed by atoms with Gasteiger partial charge in [-0.3, -0.25) is 14.5 Å². The molecule has 8 nitrogen and oxygen atoms in total. The second-order valence-electron chi connectivity index (χ2n) is 13.2. The van der Waals surface area contributed by atoms with Gasteiger partial charge in [-0.25, -0.2) is 0 Å². The number of esters is 1. The molecule has 11 heteroatoms. The Morgan fingerprint density at radius 3 is 2.02 bits per heavy atom. The monoisotopic (exact) mass is 698 g/mol. The summed E-state index contributed by atoms with van der Waals surface area (Å²) in [6.07, 6.45) is 16.3. The molecule has 0 radical (unpaired) electrons. The zero-order chi connectivity index (χ0) is 32.5. The molecule has 0 unspecified atom stereocenters. The number of nitrogens with zero attached hydrogens (tertiary/aromatic N) is 1. The van der Waals surface area contributed by atoms with Gasteiger partial charge in [-0.1, -0.05) is 97.3 Å². The summed E-state index contributed by atoms with van der Waals surface area (Å²) in [6, 6.07) is -1.00. The summed E-state index contributed by atoms with van der Waals surface area (Å²) >= 11 is 7.82. The Morgan fingerprint density at radius 1 is 0.956 bits per heavy atom. The maximum Gasteiger partial charge on any atom is 0.306 e. The van der Waals surface area contributed by atoms with Gasteiger partial charge in [0.25, 0.3) is 0 Å². The highest BCUT2D eigenvalue weighted by atomic mass is 35.5. The minimum absolute atomic E-state index is 0. The van der Waals surface area contributed by atoms with Gasteiger partial charge in [0, 0.05) is 13.0 Å². The summed E-state index contributed by atoms with van der Waals surface area (Å²) in [7, 11) is 1.95. The molecule has 3 N–H and O–H groups in total. The summed E-state index contributed by atoms with van der Waals surface area (Å²) in [5, 5.41) is 24.6. The van der Waals surface area contributed by atoms with Gasteiger partial charge in [-0.2, -0.15) is 0 Å². The molecular formula is C34H64Cl2N2O6S. The number of carbonyl (C=O) groups is 2. The van der Waals surface area contributed by atoms with Crippen LogP contribution in [0.25, 0.3) is 0 Å². The molecule has 2 heterocycles. The first-order valence-corrected chi connectivity index (χ1v) is 19.2. The average Bonchev–Trinajstić information content (AvgIpc) is 3.36. The van der Waals surface area contributed by atoms with Crippen LogP contribution in [0.3, 0.4) is 0 Å². The molecule has 1 amide bonds. The number of likely N-dealkylation sites (N-methyl/N-ethyl adjacent to an activating group) is 1. The third kappa shape index (κ3) is 14.8. The molecule has 0 aromatic carbocycles. The highest BCUT2D eigenvalue weighted by Gasteiger charge is 2.50. The quantitative estimate of drug-likeness (QED) is 0.0641. The maximum absolute atomic E-state index is 13.3. The third-order valence-electron chi connectivity index (χ3n) is 9.36. The van der Waals surface area contributed by atoms with Gasteiger partial charge < -0.3 is 25.0 Å². The third-order valence-corrected chi connectivity index (χ3v) is 10.5. The first kappa shape index (κ1) is 42.7. The lowest BCUT2D eigenvalue weighted by atomic mass is 9.92. The average molecular weight is 700 g/mol. The van der Waals surface area contributed by atoms with Crippen LogP contribution in [-0.4, -0.2) is 94.2 Å². The molecule has 2 saturated heterocycles. The summed E-state index contributed by atoms with van der Waals surface area (Å²) in [4.78, 5) is 28.0. The van der Waals surface area contributed by atoms with Gasteiger partial charge in [-0.15, -0.1) is 35.8 Å². The van der Waals surface area contributed by atoms with E-state index in [1.54, 1.807) is 13.2 Å². The van der Waals surface area contributed by atoms with Crippen LogP contribution in [0.4, 0.5) is 0 Å². The van der Waals surface area contributed by atoms with Gasteiger partial charge >= 0.3 is 5.97 Å². The van der Waals surface area contributed by atoms with E-state index in [-0.39, 0.29) is 30.8 Å². The van der Waals surface area contributed by atoms with E-state index in [1.165, 1.54) is 76.0 Å². The number of ether oxygens (including phenoxy) is 2. The molecule has 2 rings (SSSR count). The van der Waals surface area contributed by atoms with E-state index in [1.807, 2.05) is 7.05 Å². The Morgan fingerprint density at radius 2 is 1.51 bits per heavy atom. The fourth-order valence-corrected chi connectivity index (χ4v) is 7.65. The number of hydrogen-bond acceptors (Lipinski definition) is 8. The van der Waals surface area contributed by atoms with E-state index in [2.05, 4.69) is 24.1 Å². The van der Waals surface area contributed by atoms with E-state index in [0.29, 0.717) is 5.92 Å². The van der Waals surface area contributed by atoms with E-state index in [9.17, 15) is 19.8 Å². The predicted molar refractivity (Wildman–Crippen MR) is 188 cm³/mol. The van der Waals surface area contributed by atoms with Crippen LogP contribution >= 0.6 is 35.8 Å². The molecule has 0 aromatic heterocycles. The van der Waals surface area contributed by atoms with Gasteiger partial charge in [0.1, 0.15) is 23.7 Å². The van der Waals surface area contributed by atoms with Gasteiger partial charge in [0.2, 0.25) is 5.91 Å². The van der Waals surface area contributed by atoms with Crippen LogP contribution in [0.2, 0.25) is 0 Å². The zero-order valence-electron chi connectivity index (χ0n) is 28.6.